The van der Waals surface area contributed by atoms with Crippen LogP contribution in [0.15, 0.2) is 47.5 Å². The summed E-state index contributed by atoms with van der Waals surface area (Å²) in [5, 5.41) is 7.25. The average molecular weight is 655 g/mol. The lowest BCUT2D eigenvalue weighted by Gasteiger charge is -2.26. The lowest BCUT2D eigenvalue weighted by molar-refractivity contribution is -0.174. The number of carbonyl (C=O) groups excluding carboxylic acids is 2. The molecule has 4 rings (SSSR count). The Morgan fingerprint density at radius 3 is 2.50 bits per heavy atom. The van der Waals surface area contributed by atoms with Gasteiger partial charge in [0, 0.05) is 12.1 Å². The average Bonchev–Trinajstić information content (AvgIpc) is 3.10. The normalized spacial score (nSPS) is 15.4. The predicted octanol–water partition coefficient (Wildman–Crippen LogP) is 5.15. The number of ether oxygens (including phenoxy) is 1. The first-order valence-electron chi connectivity index (χ1n) is 13.5. The van der Waals surface area contributed by atoms with Crippen molar-refractivity contribution < 1.29 is 35.9 Å². The van der Waals surface area contributed by atoms with E-state index < -0.39 is 39.1 Å². The highest BCUT2D eigenvalue weighted by Gasteiger charge is 2.42. The molecule has 1 aromatic heterocycles. The number of carbonyl (C=O) groups is 2. The first-order valence-corrected chi connectivity index (χ1v) is 15.4. The summed E-state index contributed by atoms with van der Waals surface area (Å²) in [4.78, 5) is 34.7. The molecule has 0 fully saturated rings. The number of nitrogens with zero attached hydrogens (tertiary/aromatic N) is 3. The second-order valence-electron chi connectivity index (χ2n) is 10.0. The minimum atomic E-state index is -5.14. The lowest BCUT2D eigenvalue weighted by Crippen LogP contribution is -2.51. The van der Waals surface area contributed by atoms with Crippen LogP contribution >= 0.6 is 11.6 Å². The number of hydrogen-bond donors (Lipinski definition) is 3. The van der Waals surface area contributed by atoms with Crippen molar-refractivity contribution in [2.75, 3.05) is 29.2 Å². The largest absolute Gasteiger partial charge is 0.494 e. The first kappa shape index (κ1) is 32.8. The van der Waals surface area contributed by atoms with Crippen LogP contribution in [-0.2, 0) is 25.8 Å². The molecular formula is C28H30ClF3N6O5S. The van der Waals surface area contributed by atoms with Crippen molar-refractivity contribution in [2.45, 2.75) is 56.0 Å². The van der Waals surface area contributed by atoms with E-state index in [2.05, 4.69) is 20.6 Å². The van der Waals surface area contributed by atoms with Crippen molar-refractivity contribution in [3.05, 3.63) is 53.2 Å². The van der Waals surface area contributed by atoms with Crippen molar-refractivity contribution in [3.63, 3.8) is 0 Å². The molecule has 1 aliphatic rings. The Morgan fingerprint density at radius 1 is 1.16 bits per heavy atom. The molecule has 11 nitrogen and oxygen atoms in total. The molecule has 0 saturated heterocycles. The third-order valence-electron chi connectivity index (χ3n) is 6.91. The summed E-state index contributed by atoms with van der Waals surface area (Å²) in [5.74, 6) is -2.40. The third kappa shape index (κ3) is 6.68. The zero-order valence-electron chi connectivity index (χ0n) is 24.1. The number of likely N-dealkylation sites (N-methyl/N-ethyl adjacent to an activating group) is 1. The maximum Gasteiger partial charge on any atom is 0.471 e. The number of halogens is 4. The molecule has 0 spiro atoms. The van der Waals surface area contributed by atoms with E-state index in [9.17, 15) is 31.2 Å². The van der Waals surface area contributed by atoms with Crippen molar-refractivity contribution >= 4 is 62.1 Å². The highest BCUT2D eigenvalue weighted by Crippen LogP contribution is 2.40. The fourth-order valence-electron chi connectivity index (χ4n) is 4.70. The summed E-state index contributed by atoms with van der Waals surface area (Å²) in [7, 11) is -2.24. The van der Waals surface area contributed by atoms with E-state index >= 15 is 0 Å². The second-order valence-corrected chi connectivity index (χ2v) is 12.9. The van der Waals surface area contributed by atoms with Crippen LogP contribution in [0.25, 0.3) is 0 Å². The quantitative estimate of drug-likeness (QED) is 0.285. The molecule has 0 saturated carbocycles. The number of sulfone groups is 1. The van der Waals surface area contributed by atoms with E-state index in [0.29, 0.717) is 16.9 Å². The van der Waals surface area contributed by atoms with Gasteiger partial charge in [-0.15, -0.1) is 0 Å². The SMILES string of the molecule is CCN1C(=O)C(NC(=O)C(F)(F)F)CCc2c1ccc(Nc1ncc(Cl)c(Nc3ccccc3S(=O)(=O)C(C)C)n1)c2OC. The number of aromatic nitrogens is 2. The van der Waals surface area contributed by atoms with Crippen LogP contribution in [0.2, 0.25) is 5.02 Å². The monoisotopic (exact) mass is 654 g/mol. The lowest BCUT2D eigenvalue weighted by atomic mass is 10.0. The molecule has 16 heteroatoms. The summed E-state index contributed by atoms with van der Waals surface area (Å²) >= 11 is 6.35. The van der Waals surface area contributed by atoms with Gasteiger partial charge < -0.3 is 25.6 Å². The number of hydrogen-bond acceptors (Lipinski definition) is 9. The Hall–Kier alpha value is -4.11. The molecule has 2 heterocycles. The van der Waals surface area contributed by atoms with Crippen LogP contribution in [0, 0.1) is 0 Å². The van der Waals surface area contributed by atoms with Crippen LogP contribution in [0.3, 0.4) is 0 Å². The Kier molecular flexibility index (Phi) is 9.59. The summed E-state index contributed by atoms with van der Waals surface area (Å²) in [5.41, 5.74) is 1.60. The standard InChI is InChI=1S/C28H30ClF3N6O5S/c1-5-38-21-13-12-19(23(43-4)16(21)10-11-20(25(38)39)35-26(40)28(30,31)32)36-27-33-14-17(29)24(37-27)34-18-8-6-7-9-22(18)44(41,42)15(2)3/h6-9,12-15,20H,5,10-11H2,1-4H3,(H,35,40)(H2,33,34,36,37). The molecule has 0 bridgehead atoms. The Bertz CT molecular complexity index is 1690. The minimum Gasteiger partial charge on any atom is -0.494 e. The number of amides is 2. The van der Waals surface area contributed by atoms with Crippen LogP contribution in [0.5, 0.6) is 5.75 Å². The Balaban J connectivity index is 1.66. The fourth-order valence-corrected chi connectivity index (χ4v) is 6.04. The number of fused-ring (bicyclic) bond motifs is 1. The highest BCUT2D eigenvalue weighted by molar-refractivity contribution is 7.92. The molecule has 1 aliphatic heterocycles. The van der Waals surface area contributed by atoms with E-state index in [-0.39, 0.29) is 52.5 Å². The number of anilines is 5. The van der Waals surface area contributed by atoms with Gasteiger partial charge in [0.05, 0.1) is 40.5 Å². The van der Waals surface area contributed by atoms with E-state index in [0.717, 1.165) is 0 Å². The smallest absolute Gasteiger partial charge is 0.471 e. The zero-order valence-corrected chi connectivity index (χ0v) is 25.7. The molecule has 0 aliphatic carbocycles. The molecule has 3 aromatic rings. The van der Waals surface area contributed by atoms with Crippen LogP contribution in [-0.4, -0.2) is 61.3 Å². The third-order valence-corrected chi connectivity index (χ3v) is 9.40. The van der Waals surface area contributed by atoms with Gasteiger partial charge in [-0.25, -0.2) is 13.4 Å². The van der Waals surface area contributed by atoms with E-state index in [4.69, 9.17) is 16.3 Å². The van der Waals surface area contributed by atoms with Gasteiger partial charge in [-0.1, -0.05) is 23.7 Å². The molecule has 236 valence electrons. The molecule has 1 atom stereocenters. The molecule has 2 amide bonds. The van der Waals surface area contributed by atoms with Crippen molar-refractivity contribution in [2.24, 2.45) is 0 Å². The topological polar surface area (TPSA) is 143 Å². The van der Waals surface area contributed by atoms with Crippen molar-refractivity contribution in [3.8, 4) is 5.75 Å². The van der Waals surface area contributed by atoms with Gasteiger partial charge >= 0.3 is 12.1 Å². The summed E-state index contributed by atoms with van der Waals surface area (Å²) in [6.07, 6.45) is -3.81. The maximum atomic E-state index is 13.1. The molecular weight excluding hydrogens is 625 g/mol. The van der Waals surface area contributed by atoms with Crippen LogP contribution in [0.4, 0.5) is 42.0 Å². The molecule has 1 unspecified atom stereocenters. The van der Waals surface area contributed by atoms with E-state index in [1.165, 1.54) is 24.3 Å². The molecule has 44 heavy (non-hydrogen) atoms. The Labute approximate surface area is 257 Å². The van der Waals surface area contributed by atoms with Crippen molar-refractivity contribution in [1.82, 2.24) is 15.3 Å². The summed E-state index contributed by atoms with van der Waals surface area (Å²) in [6.45, 7) is 4.95. The maximum absolute atomic E-state index is 13.1. The zero-order chi connectivity index (χ0) is 32.4. The number of nitrogens with one attached hydrogen (secondary N) is 3. The minimum absolute atomic E-state index is 0.0618. The Morgan fingerprint density at radius 2 is 1.86 bits per heavy atom. The van der Waals surface area contributed by atoms with Gasteiger partial charge in [0.2, 0.25) is 11.9 Å². The van der Waals surface area contributed by atoms with E-state index in [1.54, 1.807) is 56.4 Å². The second kappa shape index (κ2) is 12.9. The summed E-state index contributed by atoms with van der Waals surface area (Å²) < 4.78 is 70.2. The van der Waals surface area contributed by atoms with Gasteiger partial charge in [0.25, 0.3) is 0 Å². The number of alkyl halides is 3. The highest BCUT2D eigenvalue weighted by atomic mass is 35.5. The van der Waals surface area contributed by atoms with Crippen molar-refractivity contribution in [1.29, 1.82) is 0 Å². The number of rotatable bonds is 9. The molecule has 2 aromatic carbocycles. The van der Waals surface area contributed by atoms with Gasteiger partial charge in [-0.2, -0.15) is 18.2 Å². The molecule has 3 N–H and O–H groups in total. The van der Waals surface area contributed by atoms with Crippen LogP contribution in [0.1, 0.15) is 32.8 Å². The van der Waals surface area contributed by atoms with Gasteiger partial charge in [-0.05, 0) is 57.9 Å². The number of methoxy groups -OCH3 is 1. The summed E-state index contributed by atoms with van der Waals surface area (Å²) in [6, 6.07) is 8.15. The van der Waals surface area contributed by atoms with E-state index in [1.807, 2.05) is 0 Å². The van der Waals surface area contributed by atoms with Crippen LogP contribution < -0.4 is 25.6 Å². The van der Waals surface area contributed by atoms with Gasteiger partial charge in [0.15, 0.2) is 15.7 Å². The fraction of sp³-hybridized carbons (Fsp3) is 0.357. The first-order chi connectivity index (χ1) is 20.7. The van der Waals surface area contributed by atoms with Gasteiger partial charge in [0.1, 0.15) is 16.8 Å². The predicted molar refractivity (Wildman–Crippen MR) is 160 cm³/mol. The number of para-hydroxylation sites is 1. The number of benzene rings is 2. The van der Waals surface area contributed by atoms with Gasteiger partial charge in [-0.3, -0.25) is 9.59 Å². The molecule has 0 radical (unpaired) electrons.